The number of halogens is 1. The van der Waals surface area contributed by atoms with Crippen molar-refractivity contribution in [2.24, 2.45) is 0 Å². The molecule has 0 aliphatic rings. The van der Waals surface area contributed by atoms with Crippen molar-refractivity contribution in [1.29, 1.82) is 0 Å². The van der Waals surface area contributed by atoms with Gasteiger partial charge in [0.15, 0.2) is 5.11 Å². The second-order valence-corrected chi connectivity index (χ2v) is 6.67. The molecule has 1 aromatic carbocycles. The molecule has 108 valence electrons. The number of H-pyrrole nitrogens is 1. The molecule has 6 heteroatoms. The molecule has 1 heterocycles. The Hall–Kier alpha value is -1.11. The van der Waals surface area contributed by atoms with E-state index in [1.807, 2.05) is 32.9 Å². The first-order valence-corrected chi connectivity index (χ1v) is 7.50. The molecular weight excluding hydrogens is 338 g/mol. The molecule has 0 saturated heterocycles. The van der Waals surface area contributed by atoms with Crippen LogP contribution in [0.15, 0.2) is 22.7 Å². The van der Waals surface area contributed by atoms with E-state index in [4.69, 9.17) is 12.2 Å². The van der Waals surface area contributed by atoms with Gasteiger partial charge in [0.05, 0.1) is 27.8 Å². The normalized spacial score (nSPS) is 11.7. The number of aromatic amines is 1. The highest BCUT2D eigenvalue weighted by molar-refractivity contribution is 9.10. The van der Waals surface area contributed by atoms with E-state index in [2.05, 4.69) is 37.6 Å². The number of aromatic nitrogens is 1. The molecule has 0 atom stereocenters. The molecule has 0 aliphatic heterocycles. The number of aliphatic hydroxyl groups excluding tert-OH is 1. The minimum absolute atomic E-state index is 0.00481. The van der Waals surface area contributed by atoms with Crippen LogP contribution in [0.1, 0.15) is 19.5 Å². The second-order valence-electron chi connectivity index (χ2n) is 5.46. The van der Waals surface area contributed by atoms with Gasteiger partial charge in [0, 0.05) is 11.1 Å². The number of fused-ring (bicyclic) bond motifs is 1. The average molecular weight is 356 g/mol. The summed E-state index contributed by atoms with van der Waals surface area (Å²) in [4.78, 5) is 3.31. The predicted octanol–water partition coefficient (Wildman–Crippen LogP) is 3.30. The van der Waals surface area contributed by atoms with Crippen molar-refractivity contribution in [2.45, 2.75) is 26.3 Å². The lowest BCUT2D eigenvalue weighted by molar-refractivity contribution is 0.207. The zero-order chi connectivity index (χ0) is 14.9. The largest absolute Gasteiger partial charge is 0.394 e. The molecule has 20 heavy (non-hydrogen) atoms. The summed E-state index contributed by atoms with van der Waals surface area (Å²) >= 11 is 8.86. The number of benzene rings is 1. The lowest BCUT2D eigenvalue weighted by Crippen LogP contribution is -2.48. The summed E-state index contributed by atoms with van der Waals surface area (Å²) < 4.78 is 0.939. The van der Waals surface area contributed by atoms with E-state index in [-0.39, 0.29) is 6.61 Å². The van der Waals surface area contributed by atoms with Crippen LogP contribution in [0.25, 0.3) is 10.9 Å². The van der Waals surface area contributed by atoms with Crippen molar-refractivity contribution in [1.82, 2.24) is 10.3 Å². The third kappa shape index (κ3) is 3.31. The number of hydrogen-bond acceptors (Lipinski definition) is 2. The highest BCUT2D eigenvalue weighted by atomic mass is 79.9. The fourth-order valence-electron chi connectivity index (χ4n) is 1.90. The number of rotatable bonds is 3. The standard InChI is InChI=1S/C14H18BrN3OS/c1-8-6-9-4-5-10(11(15)12(9)16-8)17-13(20)18-14(2,3)7-19/h4-6,16,19H,7H2,1-3H3,(H2,17,18,20). The first-order valence-electron chi connectivity index (χ1n) is 6.30. The van der Waals surface area contributed by atoms with Crippen LogP contribution in [0.4, 0.5) is 5.69 Å². The fourth-order valence-corrected chi connectivity index (χ4v) is 2.85. The molecule has 4 N–H and O–H groups in total. The van der Waals surface area contributed by atoms with Gasteiger partial charge in [-0.3, -0.25) is 0 Å². The van der Waals surface area contributed by atoms with Crippen molar-refractivity contribution < 1.29 is 5.11 Å². The van der Waals surface area contributed by atoms with Crippen LogP contribution in [0, 0.1) is 6.92 Å². The van der Waals surface area contributed by atoms with Crippen molar-refractivity contribution in [2.75, 3.05) is 11.9 Å². The molecule has 2 rings (SSSR count). The molecule has 1 aromatic heterocycles. The first kappa shape index (κ1) is 15.3. The smallest absolute Gasteiger partial charge is 0.171 e. The van der Waals surface area contributed by atoms with E-state index in [9.17, 15) is 5.11 Å². The van der Waals surface area contributed by atoms with Gasteiger partial charge in [0.1, 0.15) is 0 Å². The molecule has 0 radical (unpaired) electrons. The minimum atomic E-state index is -0.455. The Labute approximate surface area is 132 Å². The second kappa shape index (κ2) is 5.71. The van der Waals surface area contributed by atoms with E-state index in [1.54, 1.807) is 0 Å². The van der Waals surface area contributed by atoms with E-state index < -0.39 is 5.54 Å². The molecule has 0 aliphatic carbocycles. The summed E-state index contributed by atoms with van der Waals surface area (Å²) in [6, 6.07) is 6.10. The van der Waals surface area contributed by atoms with Gasteiger partial charge in [-0.25, -0.2) is 0 Å². The van der Waals surface area contributed by atoms with Gasteiger partial charge in [-0.2, -0.15) is 0 Å². The third-order valence-electron chi connectivity index (χ3n) is 2.96. The Bertz CT molecular complexity index is 651. The monoisotopic (exact) mass is 355 g/mol. The maximum Gasteiger partial charge on any atom is 0.171 e. The van der Waals surface area contributed by atoms with Crippen LogP contribution in [0.2, 0.25) is 0 Å². The van der Waals surface area contributed by atoms with Gasteiger partial charge in [-0.15, -0.1) is 0 Å². The lowest BCUT2D eigenvalue weighted by Gasteiger charge is -2.25. The highest BCUT2D eigenvalue weighted by Gasteiger charge is 2.17. The SMILES string of the molecule is Cc1cc2ccc(NC(=S)NC(C)(C)CO)c(Br)c2[nH]1. The molecule has 0 spiro atoms. The quantitative estimate of drug-likeness (QED) is 0.638. The van der Waals surface area contributed by atoms with E-state index in [0.717, 1.165) is 26.8 Å². The third-order valence-corrected chi connectivity index (χ3v) is 3.99. The van der Waals surface area contributed by atoms with Gasteiger partial charge in [-0.05, 0) is 61.1 Å². The molecule has 0 saturated carbocycles. The lowest BCUT2D eigenvalue weighted by atomic mass is 10.1. The van der Waals surface area contributed by atoms with Crippen LogP contribution >= 0.6 is 28.1 Å². The van der Waals surface area contributed by atoms with Gasteiger partial charge < -0.3 is 20.7 Å². The number of aryl methyl sites for hydroxylation is 1. The molecule has 0 fully saturated rings. The van der Waals surface area contributed by atoms with Crippen LogP contribution in [-0.2, 0) is 0 Å². The molecule has 0 amide bonds. The van der Waals surface area contributed by atoms with E-state index >= 15 is 0 Å². The van der Waals surface area contributed by atoms with Crippen LogP contribution in [0.5, 0.6) is 0 Å². The van der Waals surface area contributed by atoms with E-state index in [1.165, 1.54) is 0 Å². The number of aliphatic hydroxyl groups is 1. The zero-order valence-electron chi connectivity index (χ0n) is 11.7. The zero-order valence-corrected chi connectivity index (χ0v) is 14.1. The summed E-state index contributed by atoms with van der Waals surface area (Å²) in [5, 5.41) is 17.1. The number of anilines is 1. The Balaban J connectivity index is 2.21. The van der Waals surface area contributed by atoms with Crippen molar-refractivity contribution in [3.05, 3.63) is 28.4 Å². The maximum atomic E-state index is 9.24. The van der Waals surface area contributed by atoms with Crippen LogP contribution < -0.4 is 10.6 Å². The van der Waals surface area contributed by atoms with Gasteiger partial charge in [0.25, 0.3) is 0 Å². The molecule has 0 bridgehead atoms. The number of nitrogens with one attached hydrogen (secondary N) is 3. The van der Waals surface area contributed by atoms with Gasteiger partial charge in [0.2, 0.25) is 0 Å². The van der Waals surface area contributed by atoms with Crippen molar-refractivity contribution in [3.8, 4) is 0 Å². The molecular formula is C14H18BrN3OS. The maximum absolute atomic E-state index is 9.24. The summed E-state index contributed by atoms with van der Waals surface area (Å²) in [5.74, 6) is 0. The van der Waals surface area contributed by atoms with Crippen molar-refractivity contribution in [3.63, 3.8) is 0 Å². The Morgan fingerprint density at radius 2 is 2.15 bits per heavy atom. The first-order chi connectivity index (χ1) is 9.32. The Kier molecular flexibility index (Phi) is 4.36. The molecule has 2 aromatic rings. The number of hydrogen-bond donors (Lipinski definition) is 4. The minimum Gasteiger partial charge on any atom is -0.394 e. The fraction of sp³-hybridized carbons (Fsp3) is 0.357. The average Bonchev–Trinajstić information content (AvgIpc) is 2.74. The predicted molar refractivity (Wildman–Crippen MR) is 91.3 cm³/mol. The Morgan fingerprint density at radius 1 is 1.45 bits per heavy atom. The summed E-state index contributed by atoms with van der Waals surface area (Å²) in [7, 11) is 0. The topological polar surface area (TPSA) is 60.1 Å². The molecule has 0 unspecified atom stereocenters. The molecule has 4 nitrogen and oxygen atoms in total. The van der Waals surface area contributed by atoms with Crippen LogP contribution in [0.3, 0.4) is 0 Å². The van der Waals surface area contributed by atoms with Crippen molar-refractivity contribution >= 4 is 49.9 Å². The van der Waals surface area contributed by atoms with Crippen LogP contribution in [-0.4, -0.2) is 27.3 Å². The summed E-state index contributed by atoms with van der Waals surface area (Å²) in [5.41, 5.74) is 2.58. The summed E-state index contributed by atoms with van der Waals surface area (Å²) in [6.45, 7) is 5.79. The van der Waals surface area contributed by atoms with E-state index in [0.29, 0.717) is 5.11 Å². The summed E-state index contributed by atoms with van der Waals surface area (Å²) in [6.07, 6.45) is 0. The Morgan fingerprint density at radius 3 is 2.80 bits per heavy atom. The highest BCUT2D eigenvalue weighted by Crippen LogP contribution is 2.31. The number of thiocarbonyl (C=S) groups is 1. The van der Waals surface area contributed by atoms with Gasteiger partial charge >= 0.3 is 0 Å². The van der Waals surface area contributed by atoms with Gasteiger partial charge in [-0.1, -0.05) is 6.07 Å².